The molecule has 0 amide bonds. The lowest BCUT2D eigenvalue weighted by Crippen LogP contribution is -2.33. The highest BCUT2D eigenvalue weighted by Crippen LogP contribution is 2.11. The molecule has 2 heteroatoms. The molecule has 0 saturated heterocycles. The van der Waals surface area contributed by atoms with Crippen LogP contribution in [0.1, 0.15) is 13.8 Å². The zero-order chi connectivity index (χ0) is 7.56. The molecule has 0 aromatic carbocycles. The van der Waals surface area contributed by atoms with Crippen LogP contribution in [0.2, 0.25) is 0 Å². The van der Waals surface area contributed by atoms with Gasteiger partial charge in [0.1, 0.15) is 0 Å². The van der Waals surface area contributed by atoms with Crippen LogP contribution in [0.15, 0.2) is 11.6 Å². The highest BCUT2D eigenvalue weighted by atomic mass is 16.3. The van der Waals surface area contributed by atoms with Crippen LogP contribution in [0.3, 0.4) is 0 Å². The molecular formula is C8H15NO. The summed E-state index contributed by atoms with van der Waals surface area (Å²) >= 11 is 0. The van der Waals surface area contributed by atoms with E-state index in [0.717, 1.165) is 6.54 Å². The van der Waals surface area contributed by atoms with Crippen LogP contribution in [-0.2, 0) is 0 Å². The number of aliphatic hydroxyl groups excluding tert-OH is 1. The van der Waals surface area contributed by atoms with Gasteiger partial charge in [0.2, 0.25) is 0 Å². The van der Waals surface area contributed by atoms with Gasteiger partial charge in [0.25, 0.3) is 0 Å². The van der Waals surface area contributed by atoms with E-state index in [9.17, 15) is 5.11 Å². The van der Waals surface area contributed by atoms with Crippen LogP contribution in [0.5, 0.6) is 0 Å². The molecule has 1 atom stereocenters. The van der Waals surface area contributed by atoms with Gasteiger partial charge in [-0.2, -0.15) is 0 Å². The fraction of sp³-hybridized carbons (Fsp3) is 0.750. The second kappa shape index (κ2) is 3.17. The minimum Gasteiger partial charge on any atom is -0.388 e. The molecule has 1 rings (SSSR count). The third-order valence-electron chi connectivity index (χ3n) is 1.83. The van der Waals surface area contributed by atoms with E-state index < -0.39 is 0 Å². The predicted molar refractivity (Wildman–Crippen MR) is 41.8 cm³/mol. The lowest BCUT2D eigenvalue weighted by Gasteiger charge is -2.20. The first-order valence-corrected chi connectivity index (χ1v) is 3.79. The maximum atomic E-state index is 9.19. The van der Waals surface area contributed by atoms with Gasteiger partial charge >= 0.3 is 0 Å². The van der Waals surface area contributed by atoms with Gasteiger partial charge in [0.15, 0.2) is 0 Å². The smallest absolute Gasteiger partial charge is 0.0848 e. The third-order valence-corrected chi connectivity index (χ3v) is 1.83. The second-order valence-corrected chi connectivity index (χ2v) is 3.09. The maximum Gasteiger partial charge on any atom is 0.0848 e. The zero-order valence-electron chi connectivity index (χ0n) is 6.59. The summed E-state index contributed by atoms with van der Waals surface area (Å²) in [6.07, 6.45) is 1.69. The fourth-order valence-electron chi connectivity index (χ4n) is 1.13. The number of β-amino-alcohol motifs (C(OH)–C–C–N with tert-alkyl or cyclic N) is 1. The molecule has 0 spiro atoms. The Bertz CT molecular complexity index is 140. The van der Waals surface area contributed by atoms with Gasteiger partial charge in [0, 0.05) is 13.1 Å². The van der Waals surface area contributed by atoms with Crippen molar-refractivity contribution >= 4 is 0 Å². The average molecular weight is 141 g/mol. The zero-order valence-corrected chi connectivity index (χ0v) is 6.59. The number of hydrogen-bond acceptors (Lipinski definition) is 2. The van der Waals surface area contributed by atoms with Gasteiger partial charge in [-0.05, 0) is 5.92 Å². The molecule has 0 saturated carbocycles. The third kappa shape index (κ3) is 1.82. The molecule has 2 nitrogen and oxygen atoms in total. The summed E-state index contributed by atoms with van der Waals surface area (Å²) in [6, 6.07) is 0. The molecule has 0 aromatic rings. The number of rotatable bonds is 1. The van der Waals surface area contributed by atoms with Crippen LogP contribution in [0, 0.1) is 5.92 Å². The van der Waals surface area contributed by atoms with E-state index in [2.05, 4.69) is 19.2 Å². The van der Waals surface area contributed by atoms with E-state index in [1.165, 1.54) is 5.57 Å². The Labute approximate surface area is 61.9 Å². The van der Waals surface area contributed by atoms with Crippen LogP contribution >= 0.6 is 0 Å². The summed E-state index contributed by atoms with van der Waals surface area (Å²) in [6.45, 7) is 5.93. The van der Waals surface area contributed by atoms with E-state index in [1.54, 1.807) is 0 Å². The largest absolute Gasteiger partial charge is 0.388 e. The van der Waals surface area contributed by atoms with Gasteiger partial charge in [-0.15, -0.1) is 0 Å². The van der Waals surface area contributed by atoms with E-state index >= 15 is 0 Å². The lowest BCUT2D eigenvalue weighted by atomic mass is 9.99. The van der Waals surface area contributed by atoms with E-state index in [0.29, 0.717) is 12.5 Å². The first-order chi connectivity index (χ1) is 4.70. The standard InChI is InChI=1S/C8H15NO/c1-6(2)7-3-8(10)5-9-4-7/h3,6,8-10H,4-5H2,1-2H3. The summed E-state index contributed by atoms with van der Waals surface area (Å²) in [5.74, 6) is 0.558. The highest BCUT2D eigenvalue weighted by molar-refractivity contribution is 5.12. The summed E-state index contributed by atoms with van der Waals surface area (Å²) in [4.78, 5) is 0. The molecule has 1 aliphatic heterocycles. The SMILES string of the molecule is CC(C)C1=CC(O)CNC1. The summed E-state index contributed by atoms with van der Waals surface area (Å²) in [5, 5.41) is 12.3. The van der Waals surface area contributed by atoms with Crippen LogP contribution in [0.4, 0.5) is 0 Å². The number of nitrogens with one attached hydrogen (secondary N) is 1. The first kappa shape index (κ1) is 7.76. The Morgan fingerprint density at radius 1 is 1.70 bits per heavy atom. The Morgan fingerprint density at radius 3 is 2.80 bits per heavy atom. The molecule has 0 aliphatic carbocycles. The molecule has 0 radical (unpaired) electrons. The number of aliphatic hydroxyl groups is 1. The molecule has 0 aromatic heterocycles. The topological polar surface area (TPSA) is 32.3 Å². The summed E-state index contributed by atoms with van der Waals surface area (Å²) < 4.78 is 0. The minimum absolute atomic E-state index is 0.272. The van der Waals surface area contributed by atoms with E-state index in [1.807, 2.05) is 6.08 Å². The normalized spacial score (nSPS) is 26.8. The summed E-state index contributed by atoms with van der Waals surface area (Å²) in [5.41, 5.74) is 1.32. The molecule has 0 bridgehead atoms. The van der Waals surface area contributed by atoms with E-state index in [4.69, 9.17) is 0 Å². The maximum absolute atomic E-state index is 9.19. The molecule has 1 heterocycles. The molecular weight excluding hydrogens is 126 g/mol. The molecule has 10 heavy (non-hydrogen) atoms. The second-order valence-electron chi connectivity index (χ2n) is 3.09. The summed E-state index contributed by atoms with van der Waals surface area (Å²) in [7, 11) is 0. The first-order valence-electron chi connectivity index (χ1n) is 3.79. The van der Waals surface area contributed by atoms with Crippen molar-refractivity contribution in [2.24, 2.45) is 5.92 Å². The van der Waals surface area contributed by atoms with Crippen LogP contribution < -0.4 is 5.32 Å². The van der Waals surface area contributed by atoms with Crippen molar-refractivity contribution in [3.05, 3.63) is 11.6 Å². The molecule has 58 valence electrons. The Kier molecular flexibility index (Phi) is 2.46. The van der Waals surface area contributed by atoms with Gasteiger partial charge in [0.05, 0.1) is 6.10 Å². The van der Waals surface area contributed by atoms with Crippen molar-refractivity contribution in [3.8, 4) is 0 Å². The Hall–Kier alpha value is -0.340. The average Bonchev–Trinajstić information content (AvgIpc) is 1.88. The number of hydrogen-bond donors (Lipinski definition) is 2. The van der Waals surface area contributed by atoms with Crippen LogP contribution in [0.25, 0.3) is 0 Å². The van der Waals surface area contributed by atoms with Crippen molar-refractivity contribution in [2.75, 3.05) is 13.1 Å². The molecule has 0 fully saturated rings. The fourth-order valence-corrected chi connectivity index (χ4v) is 1.13. The van der Waals surface area contributed by atoms with E-state index in [-0.39, 0.29) is 6.10 Å². The lowest BCUT2D eigenvalue weighted by molar-refractivity contribution is 0.211. The van der Waals surface area contributed by atoms with Crippen molar-refractivity contribution in [2.45, 2.75) is 20.0 Å². The molecule has 1 aliphatic rings. The molecule has 2 N–H and O–H groups in total. The van der Waals surface area contributed by atoms with Crippen molar-refractivity contribution in [1.29, 1.82) is 0 Å². The predicted octanol–water partition coefficient (Wildman–Crippen LogP) is 0.533. The monoisotopic (exact) mass is 141 g/mol. The van der Waals surface area contributed by atoms with Crippen molar-refractivity contribution < 1.29 is 5.11 Å². The Balaban J connectivity index is 2.57. The Morgan fingerprint density at radius 2 is 2.40 bits per heavy atom. The van der Waals surface area contributed by atoms with Crippen molar-refractivity contribution in [3.63, 3.8) is 0 Å². The minimum atomic E-state index is -0.272. The van der Waals surface area contributed by atoms with Crippen molar-refractivity contribution in [1.82, 2.24) is 5.32 Å². The van der Waals surface area contributed by atoms with Crippen LogP contribution in [-0.4, -0.2) is 24.3 Å². The van der Waals surface area contributed by atoms with Gasteiger partial charge < -0.3 is 10.4 Å². The van der Waals surface area contributed by atoms with Gasteiger partial charge in [-0.1, -0.05) is 25.5 Å². The molecule has 1 unspecified atom stereocenters. The van der Waals surface area contributed by atoms with Gasteiger partial charge in [-0.25, -0.2) is 0 Å². The van der Waals surface area contributed by atoms with Gasteiger partial charge in [-0.3, -0.25) is 0 Å². The highest BCUT2D eigenvalue weighted by Gasteiger charge is 2.11. The quantitative estimate of drug-likeness (QED) is 0.522.